The Balaban J connectivity index is 2.30. The number of aryl methyl sites for hydroxylation is 2. The van der Waals surface area contributed by atoms with Crippen molar-refractivity contribution in [2.24, 2.45) is 0 Å². The SMILES string of the molecule is Cc1cc2nc(C)n(C3(C)CCC3)c2nc1Cl. The summed E-state index contributed by atoms with van der Waals surface area (Å²) in [6, 6.07) is 2.02. The van der Waals surface area contributed by atoms with Crippen LogP contribution in [-0.2, 0) is 5.54 Å². The van der Waals surface area contributed by atoms with Gasteiger partial charge in [0.25, 0.3) is 0 Å². The first-order valence-electron chi connectivity index (χ1n) is 6.04. The third-order valence-corrected chi connectivity index (χ3v) is 4.28. The van der Waals surface area contributed by atoms with E-state index in [-0.39, 0.29) is 5.54 Å². The molecule has 2 aromatic heterocycles. The predicted octanol–water partition coefficient (Wildman–Crippen LogP) is 3.60. The second kappa shape index (κ2) is 3.45. The second-order valence-corrected chi connectivity index (χ2v) is 5.64. The van der Waals surface area contributed by atoms with Crippen LogP contribution < -0.4 is 0 Å². The molecule has 1 saturated carbocycles. The van der Waals surface area contributed by atoms with E-state index >= 15 is 0 Å². The monoisotopic (exact) mass is 249 g/mol. The first-order chi connectivity index (χ1) is 8.01. The molecule has 0 bridgehead atoms. The highest BCUT2D eigenvalue weighted by Crippen LogP contribution is 2.41. The van der Waals surface area contributed by atoms with E-state index in [0.717, 1.165) is 22.6 Å². The van der Waals surface area contributed by atoms with E-state index < -0.39 is 0 Å². The van der Waals surface area contributed by atoms with Crippen molar-refractivity contribution in [3.05, 3.63) is 22.6 Å². The highest BCUT2D eigenvalue weighted by Gasteiger charge is 2.36. The average Bonchev–Trinajstić information content (AvgIpc) is 2.52. The second-order valence-electron chi connectivity index (χ2n) is 5.28. The van der Waals surface area contributed by atoms with Crippen molar-refractivity contribution in [2.45, 2.75) is 45.6 Å². The summed E-state index contributed by atoms with van der Waals surface area (Å²) < 4.78 is 2.26. The maximum atomic E-state index is 6.13. The zero-order chi connectivity index (χ0) is 12.2. The minimum Gasteiger partial charge on any atom is -0.307 e. The molecule has 3 nitrogen and oxygen atoms in total. The van der Waals surface area contributed by atoms with E-state index in [1.54, 1.807) is 0 Å². The number of halogens is 1. The van der Waals surface area contributed by atoms with Gasteiger partial charge in [-0.1, -0.05) is 11.6 Å². The summed E-state index contributed by atoms with van der Waals surface area (Å²) in [7, 11) is 0. The summed E-state index contributed by atoms with van der Waals surface area (Å²) in [6.45, 7) is 6.29. The third-order valence-electron chi connectivity index (χ3n) is 3.90. The minimum atomic E-state index is 0.185. The highest BCUT2D eigenvalue weighted by molar-refractivity contribution is 6.30. The standard InChI is InChI=1S/C13H16ClN3/c1-8-7-10-12(16-11(8)14)17(9(2)15-10)13(3)5-4-6-13/h7H,4-6H2,1-3H3. The zero-order valence-electron chi connectivity index (χ0n) is 10.4. The molecule has 4 heteroatoms. The summed E-state index contributed by atoms with van der Waals surface area (Å²) in [6.07, 6.45) is 3.69. The largest absolute Gasteiger partial charge is 0.307 e. The fourth-order valence-corrected chi connectivity index (χ4v) is 2.88. The van der Waals surface area contributed by atoms with Gasteiger partial charge in [0.2, 0.25) is 0 Å². The van der Waals surface area contributed by atoms with E-state index in [1.165, 1.54) is 19.3 Å². The molecule has 0 saturated heterocycles. The van der Waals surface area contributed by atoms with Crippen LogP contribution in [0.15, 0.2) is 6.07 Å². The van der Waals surface area contributed by atoms with Crippen LogP contribution in [0.25, 0.3) is 11.2 Å². The van der Waals surface area contributed by atoms with Crippen LogP contribution in [-0.4, -0.2) is 14.5 Å². The molecule has 0 atom stereocenters. The first kappa shape index (κ1) is 11.0. The summed E-state index contributed by atoms with van der Waals surface area (Å²) in [5.74, 6) is 1.04. The van der Waals surface area contributed by atoms with Crippen LogP contribution in [0.4, 0.5) is 0 Å². The molecule has 0 aromatic carbocycles. The number of rotatable bonds is 1. The summed E-state index contributed by atoms with van der Waals surface area (Å²) in [5, 5.41) is 0.585. The fraction of sp³-hybridized carbons (Fsp3) is 0.538. The summed E-state index contributed by atoms with van der Waals surface area (Å²) in [5.41, 5.74) is 3.06. The molecule has 0 aliphatic heterocycles. The Morgan fingerprint density at radius 2 is 2.00 bits per heavy atom. The van der Waals surface area contributed by atoms with Crippen LogP contribution in [0.5, 0.6) is 0 Å². The number of fused-ring (bicyclic) bond motifs is 1. The van der Waals surface area contributed by atoms with Gasteiger partial charge in [-0.15, -0.1) is 0 Å². The maximum absolute atomic E-state index is 6.13. The smallest absolute Gasteiger partial charge is 0.162 e. The lowest BCUT2D eigenvalue weighted by atomic mass is 9.78. The van der Waals surface area contributed by atoms with Crippen molar-refractivity contribution < 1.29 is 0 Å². The molecular formula is C13H16ClN3. The van der Waals surface area contributed by atoms with Crippen LogP contribution in [0.2, 0.25) is 5.15 Å². The van der Waals surface area contributed by atoms with Gasteiger partial charge in [0, 0.05) is 5.54 Å². The lowest BCUT2D eigenvalue weighted by Crippen LogP contribution is -2.38. The van der Waals surface area contributed by atoms with Gasteiger partial charge >= 0.3 is 0 Å². The number of hydrogen-bond acceptors (Lipinski definition) is 2. The third kappa shape index (κ3) is 1.48. The van der Waals surface area contributed by atoms with Crippen LogP contribution >= 0.6 is 11.6 Å². The number of pyridine rings is 1. The molecule has 17 heavy (non-hydrogen) atoms. The van der Waals surface area contributed by atoms with Gasteiger partial charge in [0.1, 0.15) is 16.5 Å². The lowest BCUT2D eigenvalue weighted by molar-refractivity contribution is 0.170. The molecule has 0 amide bonds. The van der Waals surface area contributed by atoms with Gasteiger partial charge in [0.15, 0.2) is 5.65 Å². The Hall–Kier alpha value is -1.09. The molecule has 0 radical (unpaired) electrons. The Morgan fingerprint density at radius 3 is 2.59 bits per heavy atom. The van der Waals surface area contributed by atoms with E-state index in [4.69, 9.17) is 11.6 Å². The van der Waals surface area contributed by atoms with Crippen LogP contribution in [0, 0.1) is 13.8 Å². The van der Waals surface area contributed by atoms with Gasteiger partial charge in [-0.25, -0.2) is 9.97 Å². The van der Waals surface area contributed by atoms with Crippen LogP contribution in [0.3, 0.4) is 0 Å². The molecule has 1 aliphatic rings. The van der Waals surface area contributed by atoms with E-state index in [2.05, 4.69) is 28.4 Å². The molecule has 3 rings (SSSR count). The Kier molecular flexibility index (Phi) is 2.24. The number of nitrogens with zero attached hydrogens (tertiary/aromatic N) is 3. The number of hydrogen-bond donors (Lipinski definition) is 0. The predicted molar refractivity (Wildman–Crippen MR) is 69.5 cm³/mol. The maximum Gasteiger partial charge on any atom is 0.162 e. The van der Waals surface area contributed by atoms with Gasteiger partial charge in [-0.2, -0.15) is 0 Å². The topological polar surface area (TPSA) is 30.7 Å². The van der Waals surface area contributed by atoms with Crippen molar-refractivity contribution in [1.29, 1.82) is 0 Å². The van der Waals surface area contributed by atoms with Crippen molar-refractivity contribution in [1.82, 2.24) is 14.5 Å². The normalized spacial score (nSPS) is 18.4. The highest BCUT2D eigenvalue weighted by atomic mass is 35.5. The van der Waals surface area contributed by atoms with E-state index in [0.29, 0.717) is 5.15 Å². The first-order valence-corrected chi connectivity index (χ1v) is 6.42. The molecule has 1 fully saturated rings. The van der Waals surface area contributed by atoms with Gasteiger partial charge in [0.05, 0.1) is 0 Å². The fourth-order valence-electron chi connectivity index (χ4n) is 2.75. The zero-order valence-corrected chi connectivity index (χ0v) is 11.2. The molecule has 0 spiro atoms. The Labute approximate surface area is 106 Å². The molecular weight excluding hydrogens is 234 g/mol. The van der Waals surface area contributed by atoms with Crippen LogP contribution in [0.1, 0.15) is 37.6 Å². The number of imidazole rings is 1. The molecule has 0 N–H and O–H groups in total. The van der Waals surface area contributed by atoms with Crippen molar-refractivity contribution in [3.63, 3.8) is 0 Å². The van der Waals surface area contributed by atoms with Gasteiger partial charge in [-0.3, -0.25) is 0 Å². The molecule has 90 valence electrons. The number of aromatic nitrogens is 3. The molecule has 1 aliphatic carbocycles. The van der Waals surface area contributed by atoms with Crippen molar-refractivity contribution >= 4 is 22.8 Å². The van der Waals surface area contributed by atoms with E-state index in [1.807, 2.05) is 13.0 Å². The van der Waals surface area contributed by atoms with Crippen molar-refractivity contribution in [2.75, 3.05) is 0 Å². The van der Waals surface area contributed by atoms with Crippen molar-refractivity contribution in [3.8, 4) is 0 Å². The Morgan fingerprint density at radius 1 is 1.29 bits per heavy atom. The van der Waals surface area contributed by atoms with E-state index in [9.17, 15) is 0 Å². The Bertz CT molecular complexity index is 596. The van der Waals surface area contributed by atoms with Gasteiger partial charge in [-0.05, 0) is 51.7 Å². The summed E-state index contributed by atoms with van der Waals surface area (Å²) >= 11 is 6.13. The molecule has 2 heterocycles. The summed E-state index contributed by atoms with van der Waals surface area (Å²) in [4.78, 5) is 9.11. The molecule has 0 unspecified atom stereocenters. The molecule has 2 aromatic rings. The quantitative estimate of drug-likeness (QED) is 0.723. The van der Waals surface area contributed by atoms with Gasteiger partial charge < -0.3 is 4.57 Å². The minimum absolute atomic E-state index is 0.185. The lowest BCUT2D eigenvalue weighted by Gasteiger charge is -2.40. The average molecular weight is 250 g/mol.